The number of hydrazine groups is 1. The van der Waals surface area contributed by atoms with Gasteiger partial charge in [-0.15, -0.1) is 0 Å². The minimum absolute atomic E-state index is 0.0549. The molecule has 0 amide bonds. The van der Waals surface area contributed by atoms with E-state index in [2.05, 4.69) is 10.4 Å². The largest absolute Gasteiger partial charge is 0.271 e. The molecule has 1 atom stereocenters. The minimum atomic E-state index is 0.0549. The highest BCUT2D eigenvalue weighted by Crippen LogP contribution is 2.18. The van der Waals surface area contributed by atoms with Crippen LogP contribution < -0.4 is 11.3 Å². The lowest BCUT2D eigenvalue weighted by atomic mass is 10.0. The number of nitrogens with one attached hydrogen (secondary N) is 1. The highest BCUT2D eigenvalue weighted by atomic mass is 35.5. The molecule has 0 saturated heterocycles. The Morgan fingerprint density at radius 3 is 2.50 bits per heavy atom. The fourth-order valence-corrected chi connectivity index (χ4v) is 1.94. The summed E-state index contributed by atoms with van der Waals surface area (Å²) < 4.78 is 0. The van der Waals surface area contributed by atoms with Crippen molar-refractivity contribution in [3.05, 3.63) is 64.4 Å². The zero-order valence-electron chi connectivity index (χ0n) is 10.2. The van der Waals surface area contributed by atoms with Crippen LogP contribution in [0.15, 0.2) is 42.6 Å². The highest BCUT2D eigenvalue weighted by Gasteiger charge is 2.10. The molecule has 1 heterocycles. The summed E-state index contributed by atoms with van der Waals surface area (Å²) in [7, 11) is 0. The van der Waals surface area contributed by atoms with Crippen LogP contribution >= 0.6 is 11.6 Å². The second-order valence-corrected chi connectivity index (χ2v) is 4.72. The Morgan fingerprint density at radius 1 is 1.22 bits per heavy atom. The van der Waals surface area contributed by atoms with Crippen LogP contribution in [0.5, 0.6) is 0 Å². The molecule has 0 saturated carbocycles. The van der Waals surface area contributed by atoms with Crippen molar-refractivity contribution in [3.8, 4) is 0 Å². The smallest absolute Gasteiger partial charge is 0.0515 e. The lowest BCUT2D eigenvalue weighted by Crippen LogP contribution is -2.29. The van der Waals surface area contributed by atoms with Gasteiger partial charge in [0.05, 0.1) is 6.04 Å². The maximum Gasteiger partial charge on any atom is 0.0515 e. The normalized spacial score (nSPS) is 12.4. The van der Waals surface area contributed by atoms with Gasteiger partial charge in [0, 0.05) is 16.9 Å². The summed E-state index contributed by atoms with van der Waals surface area (Å²) in [6.07, 6.45) is 2.66. The van der Waals surface area contributed by atoms with E-state index in [9.17, 15) is 0 Å². The molecule has 0 bridgehead atoms. The van der Waals surface area contributed by atoms with Gasteiger partial charge in [-0.25, -0.2) is 0 Å². The molecule has 0 fully saturated rings. The lowest BCUT2D eigenvalue weighted by Gasteiger charge is -2.16. The Hall–Kier alpha value is -1.42. The molecule has 0 aliphatic heterocycles. The average molecular weight is 262 g/mol. The number of nitrogens with two attached hydrogens (primary N) is 1. The summed E-state index contributed by atoms with van der Waals surface area (Å²) in [5.74, 6) is 5.62. The van der Waals surface area contributed by atoms with Crippen LogP contribution in [0.25, 0.3) is 0 Å². The molecule has 3 nitrogen and oxygen atoms in total. The van der Waals surface area contributed by atoms with Gasteiger partial charge in [0.15, 0.2) is 0 Å². The molecule has 2 rings (SSSR count). The van der Waals surface area contributed by atoms with Crippen molar-refractivity contribution in [2.24, 2.45) is 5.84 Å². The number of halogens is 1. The fourth-order valence-electron chi connectivity index (χ4n) is 1.81. The van der Waals surface area contributed by atoms with Crippen LogP contribution in [0.2, 0.25) is 5.02 Å². The molecule has 94 valence electrons. The maximum atomic E-state index is 5.87. The molecule has 0 spiro atoms. The highest BCUT2D eigenvalue weighted by molar-refractivity contribution is 6.30. The molecule has 1 aromatic heterocycles. The first-order chi connectivity index (χ1) is 8.69. The van der Waals surface area contributed by atoms with Gasteiger partial charge in [0.1, 0.15) is 0 Å². The molecule has 18 heavy (non-hydrogen) atoms. The minimum Gasteiger partial charge on any atom is -0.271 e. The summed E-state index contributed by atoms with van der Waals surface area (Å²) >= 11 is 5.87. The maximum absolute atomic E-state index is 5.87. The Morgan fingerprint density at radius 2 is 1.94 bits per heavy atom. The van der Waals surface area contributed by atoms with Gasteiger partial charge in [0.2, 0.25) is 0 Å². The van der Waals surface area contributed by atoms with Crippen LogP contribution in [-0.4, -0.2) is 4.98 Å². The first kappa shape index (κ1) is 13.0. The number of hydrogen-bond donors (Lipinski definition) is 2. The van der Waals surface area contributed by atoms with Crippen LogP contribution in [0, 0.1) is 6.92 Å². The Labute approximate surface area is 112 Å². The molecule has 1 unspecified atom stereocenters. The fraction of sp³-hybridized carbons (Fsp3) is 0.214. The Bertz CT molecular complexity index is 493. The number of pyridine rings is 1. The van der Waals surface area contributed by atoms with Gasteiger partial charge < -0.3 is 0 Å². The van der Waals surface area contributed by atoms with E-state index in [0.29, 0.717) is 0 Å². The predicted molar refractivity (Wildman–Crippen MR) is 74.2 cm³/mol. The van der Waals surface area contributed by atoms with E-state index in [1.165, 1.54) is 5.56 Å². The molecule has 2 aromatic rings. The zero-order chi connectivity index (χ0) is 13.0. The van der Waals surface area contributed by atoms with Crippen molar-refractivity contribution in [1.29, 1.82) is 0 Å². The third-order valence-corrected chi connectivity index (χ3v) is 3.14. The monoisotopic (exact) mass is 261 g/mol. The van der Waals surface area contributed by atoms with Gasteiger partial charge in [0.25, 0.3) is 0 Å². The first-order valence-corrected chi connectivity index (χ1v) is 6.20. The molecule has 0 aliphatic rings. The molecular formula is C14H16ClN3. The van der Waals surface area contributed by atoms with E-state index < -0.39 is 0 Å². The van der Waals surface area contributed by atoms with Crippen molar-refractivity contribution in [1.82, 2.24) is 10.4 Å². The third-order valence-electron chi connectivity index (χ3n) is 2.89. The zero-order valence-corrected chi connectivity index (χ0v) is 11.0. The van der Waals surface area contributed by atoms with Gasteiger partial charge in [-0.05, 0) is 42.7 Å². The van der Waals surface area contributed by atoms with Crippen molar-refractivity contribution < 1.29 is 0 Å². The molecule has 4 heteroatoms. The predicted octanol–water partition coefficient (Wildman–Crippen LogP) is 2.79. The summed E-state index contributed by atoms with van der Waals surface area (Å²) in [6.45, 7) is 1.97. The van der Waals surface area contributed by atoms with Crippen molar-refractivity contribution in [3.63, 3.8) is 0 Å². The summed E-state index contributed by atoms with van der Waals surface area (Å²) in [5, 5.41) is 0.744. The van der Waals surface area contributed by atoms with Crippen molar-refractivity contribution >= 4 is 11.6 Å². The van der Waals surface area contributed by atoms with Crippen LogP contribution in [0.3, 0.4) is 0 Å². The van der Waals surface area contributed by atoms with E-state index >= 15 is 0 Å². The van der Waals surface area contributed by atoms with Crippen molar-refractivity contribution in [2.75, 3.05) is 0 Å². The van der Waals surface area contributed by atoms with Gasteiger partial charge in [-0.1, -0.05) is 29.8 Å². The SMILES string of the molecule is Cc1ccc(C(Cc2ccc(Cl)cc2)NN)cn1. The number of hydrogen-bond acceptors (Lipinski definition) is 3. The van der Waals surface area contributed by atoms with E-state index in [1.54, 1.807) is 0 Å². The molecular weight excluding hydrogens is 246 g/mol. The second-order valence-electron chi connectivity index (χ2n) is 4.28. The van der Waals surface area contributed by atoms with E-state index in [4.69, 9.17) is 17.4 Å². The molecule has 3 N–H and O–H groups in total. The van der Waals surface area contributed by atoms with Crippen molar-refractivity contribution in [2.45, 2.75) is 19.4 Å². The quantitative estimate of drug-likeness (QED) is 0.657. The van der Waals surface area contributed by atoms with Gasteiger partial charge in [-0.3, -0.25) is 16.3 Å². The summed E-state index contributed by atoms with van der Waals surface area (Å²) in [5.41, 5.74) is 6.09. The number of aryl methyl sites for hydroxylation is 1. The molecule has 1 aromatic carbocycles. The number of aromatic nitrogens is 1. The summed E-state index contributed by atoms with van der Waals surface area (Å²) in [6, 6.07) is 11.9. The van der Waals surface area contributed by atoms with E-state index in [1.807, 2.05) is 49.5 Å². The topological polar surface area (TPSA) is 50.9 Å². The second kappa shape index (κ2) is 5.96. The van der Waals surface area contributed by atoms with Gasteiger partial charge in [-0.2, -0.15) is 0 Å². The molecule has 0 aliphatic carbocycles. The van der Waals surface area contributed by atoms with E-state index in [-0.39, 0.29) is 6.04 Å². The number of nitrogens with zero attached hydrogens (tertiary/aromatic N) is 1. The number of benzene rings is 1. The summed E-state index contributed by atoms with van der Waals surface area (Å²) in [4.78, 5) is 4.29. The average Bonchev–Trinajstić information content (AvgIpc) is 2.39. The standard InChI is InChI=1S/C14H16ClN3/c1-10-2-5-12(9-17-10)14(18-16)8-11-3-6-13(15)7-4-11/h2-7,9,14,18H,8,16H2,1H3. The number of rotatable bonds is 4. The van der Waals surface area contributed by atoms with Gasteiger partial charge >= 0.3 is 0 Å². The van der Waals surface area contributed by atoms with Crippen LogP contribution in [-0.2, 0) is 6.42 Å². The Balaban J connectivity index is 2.14. The lowest BCUT2D eigenvalue weighted by molar-refractivity contribution is 0.550. The molecule has 0 radical (unpaired) electrons. The van der Waals surface area contributed by atoms with Crippen LogP contribution in [0.4, 0.5) is 0 Å². The first-order valence-electron chi connectivity index (χ1n) is 5.82. The van der Waals surface area contributed by atoms with E-state index in [0.717, 1.165) is 22.7 Å². The van der Waals surface area contributed by atoms with Crippen LogP contribution in [0.1, 0.15) is 22.9 Å². The third kappa shape index (κ3) is 3.29. The Kier molecular flexibility index (Phi) is 4.31.